The number of rotatable bonds is 2. The van der Waals surface area contributed by atoms with Crippen molar-refractivity contribution in [1.82, 2.24) is 9.97 Å². The predicted octanol–water partition coefficient (Wildman–Crippen LogP) is 2.27. The SMILES string of the molecule is NC(c1cccnc1)c1nc2ccccc2o1. The minimum Gasteiger partial charge on any atom is -0.439 e. The van der Waals surface area contributed by atoms with Crippen molar-refractivity contribution in [3.63, 3.8) is 0 Å². The Morgan fingerprint density at radius 3 is 2.76 bits per heavy atom. The van der Waals surface area contributed by atoms with Gasteiger partial charge in [-0.15, -0.1) is 0 Å². The predicted molar refractivity (Wildman–Crippen MR) is 64.3 cm³/mol. The number of nitrogens with two attached hydrogens (primary N) is 1. The Bertz CT molecular complexity index is 600. The summed E-state index contributed by atoms with van der Waals surface area (Å²) in [7, 11) is 0. The average molecular weight is 225 g/mol. The summed E-state index contributed by atoms with van der Waals surface area (Å²) in [5.74, 6) is 0.513. The first-order valence-electron chi connectivity index (χ1n) is 5.35. The van der Waals surface area contributed by atoms with Crippen LogP contribution < -0.4 is 5.73 Å². The Hall–Kier alpha value is -2.20. The van der Waals surface area contributed by atoms with Crippen LogP contribution in [0.5, 0.6) is 0 Å². The Morgan fingerprint density at radius 2 is 2.00 bits per heavy atom. The second-order valence-corrected chi connectivity index (χ2v) is 3.78. The van der Waals surface area contributed by atoms with Gasteiger partial charge in [-0.25, -0.2) is 4.98 Å². The molecular weight excluding hydrogens is 214 g/mol. The lowest BCUT2D eigenvalue weighted by atomic mass is 10.1. The molecule has 4 heteroatoms. The molecule has 0 spiro atoms. The van der Waals surface area contributed by atoms with Gasteiger partial charge in [0.05, 0.1) is 0 Å². The molecule has 84 valence electrons. The van der Waals surface area contributed by atoms with E-state index in [2.05, 4.69) is 9.97 Å². The van der Waals surface area contributed by atoms with E-state index in [1.54, 1.807) is 12.4 Å². The van der Waals surface area contributed by atoms with Crippen LogP contribution in [0.1, 0.15) is 17.5 Å². The monoisotopic (exact) mass is 225 g/mol. The van der Waals surface area contributed by atoms with Crippen LogP contribution in [-0.4, -0.2) is 9.97 Å². The molecule has 0 saturated heterocycles. The summed E-state index contributed by atoms with van der Waals surface area (Å²) >= 11 is 0. The maximum atomic E-state index is 6.08. The number of aromatic nitrogens is 2. The number of benzene rings is 1. The van der Waals surface area contributed by atoms with Crippen LogP contribution in [0.4, 0.5) is 0 Å². The molecule has 17 heavy (non-hydrogen) atoms. The molecule has 0 radical (unpaired) electrons. The number of nitrogens with zero attached hydrogens (tertiary/aromatic N) is 2. The van der Waals surface area contributed by atoms with Gasteiger partial charge in [-0.2, -0.15) is 0 Å². The van der Waals surface area contributed by atoms with Gasteiger partial charge in [-0.05, 0) is 23.8 Å². The highest BCUT2D eigenvalue weighted by Crippen LogP contribution is 2.22. The summed E-state index contributed by atoms with van der Waals surface area (Å²) in [6.07, 6.45) is 3.43. The largest absolute Gasteiger partial charge is 0.439 e. The van der Waals surface area contributed by atoms with Crippen molar-refractivity contribution in [2.75, 3.05) is 0 Å². The summed E-state index contributed by atoms with van der Waals surface area (Å²) in [4.78, 5) is 8.41. The van der Waals surface area contributed by atoms with Crippen molar-refractivity contribution in [3.05, 3.63) is 60.2 Å². The first kappa shape index (κ1) is 9.99. The molecule has 1 unspecified atom stereocenters. The molecule has 0 aliphatic carbocycles. The Kier molecular flexibility index (Phi) is 2.34. The number of hydrogen-bond donors (Lipinski definition) is 1. The van der Waals surface area contributed by atoms with Crippen molar-refractivity contribution in [2.45, 2.75) is 6.04 Å². The minimum atomic E-state index is -0.379. The summed E-state index contributed by atoms with van der Waals surface area (Å²) in [5, 5.41) is 0. The third kappa shape index (κ3) is 1.79. The van der Waals surface area contributed by atoms with Crippen LogP contribution in [0.3, 0.4) is 0 Å². The quantitative estimate of drug-likeness (QED) is 0.726. The van der Waals surface area contributed by atoms with Crippen LogP contribution in [0, 0.1) is 0 Å². The third-order valence-corrected chi connectivity index (χ3v) is 2.62. The van der Waals surface area contributed by atoms with Gasteiger partial charge < -0.3 is 10.2 Å². The number of pyridine rings is 1. The fourth-order valence-corrected chi connectivity index (χ4v) is 1.73. The lowest BCUT2D eigenvalue weighted by Crippen LogP contribution is -2.12. The lowest BCUT2D eigenvalue weighted by Gasteiger charge is -2.05. The van der Waals surface area contributed by atoms with Crippen LogP contribution in [0.2, 0.25) is 0 Å². The third-order valence-electron chi connectivity index (χ3n) is 2.62. The van der Waals surface area contributed by atoms with Crippen molar-refractivity contribution in [1.29, 1.82) is 0 Å². The maximum Gasteiger partial charge on any atom is 0.217 e. The first-order valence-corrected chi connectivity index (χ1v) is 5.35. The summed E-state index contributed by atoms with van der Waals surface area (Å²) in [6, 6.07) is 11.0. The molecule has 0 saturated carbocycles. The molecule has 0 bridgehead atoms. The normalized spacial score (nSPS) is 12.8. The molecular formula is C13H11N3O. The van der Waals surface area contributed by atoms with Gasteiger partial charge in [-0.3, -0.25) is 4.98 Å². The van der Waals surface area contributed by atoms with E-state index in [9.17, 15) is 0 Å². The Balaban J connectivity index is 2.04. The first-order chi connectivity index (χ1) is 8.34. The minimum absolute atomic E-state index is 0.379. The van der Waals surface area contributed by atoms with Crippen LogP contribution in [0.15, 0.2) is 53.2 Å². The summed E-state index contributed by atoms with van der Waals surface area (Å²) < 4.78 is 5.62. The topological polar surface area (TPSA) is 64.9 Å². The second-order valence-electron chi connectivity index (χ2n) is 3.78. The number of para-hydroxylation sites is 2. The maximum absolute atomic E-state index is 6.08. The van der Waals surface area contributed by atoms with E-state index in [1.165, 1.54) is 0 Å². The smallest absolute Gasteiger partial charge is 0.217 e. The fourth-order valence-electron chi connectivity index (χ4n) is 1.73. The lowest BCUT2D eigenvalue weighted by molar-refractivity contribution is 0.504. The Morgan fingerprint density at radius 1 is 1.12 bits per heavy atom. The molecule has 2 aromatic heterocycles. The molecule has 0 aliphatic rings. The zero-order chi connectivity index (χ0) is 11.7. The van der Waals surface area contributed by atoms with Gasteiger partial charge in [0.15, 0.2) is 5.58 Å². The van der Waals surface area contributed by atoms with Gasteiger partial charge >= 0.3 is 0 Å². The number of hydrogen-bond acceptors (Lipinski definition) is 4. The molecule has 1 aromatic carbocycles. The van der Waals surface area contributed by atoms with Gasteiger partial charge in [0.2, 0.25) is 5.89 Å². The summed E-state index contributed by atoms with van der Waals surface area (Å²) in [6.45, 7) is 0. The highest BCUT2D eigenvalue weighted by atomic mass is 16.3. The number of oxazole rings is 1. The highest BCUT2D eigenvalue weighted by Gasteiger charge is 2.15. The van der Waals surface area contributed by atoms with Crippen LogP contribution in [-0.2, 0) is 0 Å². The van der Waals surface area contributed by atoms with E-state index >= 15 is 0 Å². The number of fused-ring (bicyclic) bond motifs is 1. The van der Waals surface area contributed by atoms with E-state index in [-0.39, 0.29) is 6.04 Å². The molecule has 2 heterocycles. The van der Waals surface area contributed by atoms with Crippen LogP contribution >= 0.6 is 0 Å². The average Bonchev–Trinajstić information content (AvgIpc) is 2.82. The molecule has 0 aliphatic heterocycles. The molecule has 2 N–H and O–H groups in total. The van der Waals surface area contributed by atoms with Crippen LogP contribution in [0.25, 0.3) is 11.1 Å². The standard InChI is InChI=1S/C13H11N3O/c14-12(9-4-3-7-15-8-9)13-16-10-5-1-2-6-11(10)17-13/h1-8,12H,14H2. The van der Waals surface area contributed by atoms with E-state index < -0.39 is 0 Å². The molecule has 4 nitrogen and oxygen atoms in total. The van der Waals surface area contributed by atoms with Crippen molar-refractivity contribution >= 4 is 11.1 Å². The van der Waals surface area contributed by atoms with Crippen molar-refractivity contribution < 1.29 is 4.42 Å². The fraction of sp³-hybridized carbons (Fsp3) is 0.0769. The van der Waals surface area contributed by atoms with Gasteiger partial charge in [-0.1, -0.05) is 18.2 Å². The molecule has 0 amide bonds. The molecule has 3 aromatic rings. The van der Waals surface area contributed by atoms with Gasteiger partial charge in [0, 0.05) is 12.4 Å². The van der Waals surface area contributed by atoms with E-state index in [4.69, 9.17) is 10.2 Å². The molecule has 3 rings (SSSR count). The van der Waals surface area contributed by atoms with Crippen molar-refractivity contribution in [2.24, 2.45) is 5.73 Å². The van der Waals surface area contributed by atoms with E-state index in [1.807, 2.05) is 36.4 Å². The Labute approximate surface area is 98.1 Å². The zero-order valence-corrected chi connectivity index (χ0v) is 9.08. The second kappa shape index (κ2) is 3.99. The molecule has 1 atom stereocenters. The van der Waals surface area contributed by atoms with E-state index in [0.717, 1.165) is 16.7 Å². The van der Waals surface area contributed by atoms with E-state index in [0.29, 0.717) is 5.89 Å². The molecule has 0 fully saturated rings. The highest BCUT2D eigenvalue weighted by molar-refractivity contribution is 5.72. The zero-order valence-electron chi connectivity index (χ0n) is 9.08. The van der Waals surface area contributed by atoms with Crippen molar-refractivity contribution in [3.8, 4) is 0 Å². The van der Waals surface area contributed by atoms with Gasteiger partial charge in [0.1, 0.15) is 11.6 Å². The summed E-state index contributed by atoms with van der Waals surface area (Å²) in [5.41, 5.74) is 8.54. The van der Waals surface area contributed by atoms with Gasteiger partial charge in [0.25, 0.3) is 0 Å².